The van der Waals surface area contributed by atoms with E-state index in [1.165, 1.54) is 6.07 Å². The number of halogens is 1. The van der Waals surface area contributed by atoms with E-state index in [1.807, 2.05) is 0 Å². The maximum atomic E-state index is 13.2. The topological polar surface area (TPSA) is 43.4 Å². The molecule has 1 aromatic rings. The number of rotatable bonds is 4. The maximum absolute atomic E-state index is 13.2. The molecule has 4 heteroatoms. The van der Waals surface area contributed by atoms with Crippen molar-refractivity contribution in [2.24, 2.45) is 0 Å². The Bertz CT molecular complexity index is 413. The SMILES string of the molecule is CCOC(=O)C(=O)Cc1ccc(C)c(F)c1. The largest absolute Gasteiger partial charge is 0.460 e. The maximum Gasteiger partial charge on any atom is 0.374 e. The third-order valence-corrected chi connectivity index (χ3v) is 2.10. The van der Waals surface area contributed by atoms with Crippen molar-refractivity contribution < 1.29 is 18.7 Å². The number of benzene rings is 1. The second kappa shape index (κ2) is 5.39. The normalized spacial score (nSPS) is 9.94. The molecule has 1 aromatic carbocycles. The summed E-state index contributed by atoms with van der Waals surface area (Å²) >= 11 is 0. The standard InChI is InChI=1S/C12H13FO3/c1-3-16-12(15)11(14)7-9-5-4-8(2)10(13)6-9/h4-6H,3,7H2,1-2H3. The van der Waals surface area contributed by atoms with Crippen LogP contribution < -0.4 is 0 Å². The Morgan fingerprint density at radius 1 is 1.38 bits per heavy atom. The highest BCUT2D eigenvalue weighted by Crippen LogP contribution is 2.10. The van der Waals surface area contributed by atoms with Crippen LogP contribution in [0.15, 0.2) is 18.2 Å². The molecule has 0 heterocycles. The Balaban J connectivity index is 2.70. The van der Waals surface area contributed by atoms with Crippen LogP contribution in [0, 0.1) is 12.7 Å². The molecule has 0 saturated carbocycles. The summed E-state index contributed by atoms with van der Waals surface area (Å²) in [6, 6.07) is 4.45. The van der Waals surface area contributed by atoms with Crippen molar-refractivity contribution in [1.82, 2.24) is 0 Å². The predicted molar refractivity (Wildman–Crippen MR) is 56.5 cm³/mol. The molecule has 0 aliphatic carbocycles. The molecule has 0 aliphatic heterocycles. The van der Waals surface area contributed by atoms with Crippen molar-refractivity contribution in [3.63, 3.8) is 0 Å². The minimum absolute atomic E-state index is 0.129. The summed E-state index contributed by atoms with van der Waals surface area (Å²) in [4.78, 5) is 22.3. The van der Waals surface area contributed by atoms with E-state index >= 15 is 0 Å². The van der Waals surface area contributed by atoms with Crippen molar-refractivity contribution in [1.29, 1.82) is 0 Å². The molecule has 0 aromatic heterocycles. The average molecular weight is 224 g/mol. The first-order chi connectivity index (χ1) is 7.54. The molecule has 0 spiro atoms. The monoisotopic (exact) mass is 224 g/mol. The quantitative estimate of drug-likeness (QED) is 0.578. The van der Waals surface area contributed by atoms with E-state index in [0.29, 0.717) is 11.1 Å². The Morgan fingerprint density at radius 2 is 2.06 bits per heavy atom. The van der Waals surface area contributed by atoms with Crippen molar-refractivity contribution in [3.05, 3.63) is 35.1 Å². The van der Waals surface area contributed by atoms with E-state index in [4.69, 9.17) is 0 Å². The van der Waals surface area contributed by atoms with E-state index in [0.717, 1.165) is 0 Å². The van der Waals surface area contributed by atoms with Gasteiger partial charge in [0.1, 0.15) is 5.82 Å². The van der Waals surface area contributed by atoms with Gasteiger partial charge in [-0.1, -0.05) is 12.1 Å². The first-order valence-corrected chi connectivity index (χ1v) is 4.99. The number of hydrogen-bond acceptors (Lipinski definition) is 3. The zero-order valence-corrected chi connectivity index (χ0v) is 9.25. The van der Waals surface area contributed by atoms with Gasteiger partial charge in [0.05, 0.1) is 6.61 Å². The number of hydrogen-bond donors (Lipinski definition) is 0. The molecule has 1 rings (SSSR count). The third-order valence-electron chi connectivity index (χ3n) is 2.10. The van der Waals surface area contributed by atoms with Crippen molar-refractivity contribution >= 4 is 11.8 Å². The highest BCUT2D eigenvalue weighted by Gasteiger charge is 2.15. The van der Waals surface area contributed by atoms with Gasteiger partial charge in [0.2, 0.25) is 5.78 Å². The minimum Gasteiger partial charge on any atom is -0.460 e. The summed E-state index contributed by atoms with van der Waals surface area (Å²) in [6.45, 7) is 3.41. The molecule has 16 heavy (non-hydrogen) atoms. The fourth-order valence-electron chi connectivity index (χ4n) is 1.22. The lowest BCUT2D eigenvalue weighted by atomic mass is 10.1. The summed E-state index contributed by atoms with van der Waals surface area (Å²) < 4.78 is 17.7. The van der Waals surface area contributed by atoms with Crippen LogP contribution >= 0.6 is 0 Å². The number of Topliss-reactive ketones (excluding diaryl/α,β-unsaturated/α-hetero) is 1. The van der Waals surface area contributed by atoms with Gasteiger partial charge in [-0.05, 0) is 31.0 Å². The summed E-state index contributed by atoms with van der Waals surface area (Å²) in [6.07, 6.45) is -0.129. The van der Waals surface area contributed by atoms with Gasteiger partial charge in [-0.25, -0.2) is 9.18 Å². The lowest BCUT2D eigenvalue weighted by molar-refractivity contribution is -0.153. The summed E-state index contributed by atoms with van der Waals surface area (Å²) in [5, 5.41) is 0. The van der Waals surface area contributed by atoms with Gasteiger partial charge in [-0.15, -0.1) is 0 Å². The highest BCUT2D eigenvalue weighted by molar-refractivity contribution is 6.34. The van der Waals surface area contributed by atoms with Gasteiger partial charge in [-0.2, -0.15) is 0 Å². The van der Waals surface area contributed by atoms with Crippen molar-refractivity contribution in [2.75, 3.05) is 6.61 Å². The fraction of sp³-hybridized carbons (Fsp3) is 0.333. The molecular formula is C12H13FO3. The van der Waals surface area contributed by atoms with Crippen LogP contribution in [-0.2, 0) is 20.7 Å². The van der Waals surface area contributed by atoms with Crippen molar-refractivity contribution in [3.8, 4) is 0 Å². The van der Waals surface area contributed by atoms with Crippen LogP contribution in [0.25, 0.3) is 0 Å². The molecule has 0 unspecified atom stereocenters. The zero-order valence-electron chi connectivity index (χ0n) is 9.25. The lowest BCUT2D eigenvalue weighted by Gasteiger charge is -2.02. The molecule has 3 nitrogen and oxygen atoms in total. The molecule has 0 saturated heterocycles. The number of carbonyl (C=O) groups is 2. The van der Waals surface area contributed by atoms with E-state index in [1.54, 1.807) is 26.0 Å². The smallest absolute Gasteiger partial charge is 0.374 e. The Morgan fingerprint density at radius 3 is 2.62 bits per heavy atom. The van der Waals surface area contributed by atoms with E-state index in [9.17, 15) is 14.0 Å². The molecule has 0 amide bonds. The molecule has 0 bridgehead atoms. The van der Waals surface area contributed by atoms with E-state index in [-0.39, 0.29) is 18.8 Å². The molecular weight excluding hydrogens is 211 g/mol. The van der Waals surface area contributed by atoms with Crippen LogP contribution in [0.1, 0.15) is 18.1 Å². The molecule has 0 atom stereocenters. The Labute approximate surface area is 93.2 Å². The van der Waals surface area contributed by atoms with E-state index in [2.05, 4.69) is 4.74 Å². The Hall–Kier alpha value is -1.71. The van der Waals surface area contributed by atoms with Gasteiger partial charge in [0, 0.05) is 6.42 Å². The van der Waals surface area contributed by atoms with Gasteiger partial charge in [-0.3, -0.25) is 4.79 Å². The number of carbonyl (C=O) groups excluding carboxylic acids is 2. The molecule has 86 valence electrons. The second-order valence-corrected chi connectivity index (χ2v) is 3.40. The second-order valence-electron chi connectivity index (χ2n) is 3.40. The molecule has 0 radical (unpaired) electrons. The lowest BCUT2D eigenvalue weighted by Crippen LogP contribution is -2.19. The highest BCUT2D eigenvalue weighted by atomic mass is 19.1. The molecule has 0 fully saturated rings. The van der Waals surface area contributed by atoms with Gasteiger partial charge in [0.25, 0.3) is 0 Å². The van der Waals surface area contributed by atoms with Crippen LogP contribution in [0.5, 0.6) is 0 Å². The average Bonchev–Trinajstić information content (AvgIpc) is 2.24. The van der Waals surface area contributed by atoms with Gasteiger partial charge >= 0.3 is 5.97 Å². The van der Waals surface area contributed by atoms with Gasteiger partial charge in [0.15, 0.2) is 0 Å². The van der Waals surface area contributed by atoms with Crippen LogP contribution in [0.2, 0.25) is 0 Å². The van der Waals surface area contributed by atoms with Crippen LogP contribution in [-0.4, -0.2) is 18.4 Å². The number of esters is 1. The van der Waals surface area contributed by atoms with Crippen LogP contribution in [0.4, 0.5) is 4.39 Å². The summed E-state index contributed by atoms with van der Waals surface area (Å²) in [5.74, 6) is -1.91. The van der Waals surface area contributed by atoms with Gasteiger partial charge < -0.3 is 4.74 Å². The minimum atomic E-state index is -0.872. The fourth-order valence-corrected chi connectivity index (χ4v) is 1.22. The third kappa shape index (κ3) is 3.15. The van der Waals surface area contributed by atoms with E-state index < -0.39 is 11.8 Å². The first-order valence-electron chi connectivity index (χ1n) is 4.99. The first kappa shape index (κ1) is 12.4. The number of ether oxygens (including phenoxy) is 1. The summed E-state index contributed by atoms with van der Waals surface area (Å²) in [5.41, 5.74) is 0.980. The molecule has 0 aliphatic rings. The Kier molecular flexibility index (Phi) is 4.17. The number of aryl methyl sites for hydroxylation is 1. The summed E-state index contributed by atoms with van der Waals surface area (Å²) in [7, 11) is 0. The molecule has 0 N–H and O–H groups in total. The number of ketones is 1. The van der Waals surface area contributed by atoms with Crippen LogP contribution in [0.3, 0.4) is 0 Å². The van der Waals surface area contributed by atoms with Crippen molar-refractivity contribution in [2.45, 2.75) is 20.3 Å². The predicted octanol–water partition coefficient (Wildman–Crippen LogP) is 1.81. The zero-order chi connectivity index (χ0) is 12.1.